The Balaban J connectivity index is 3.02. The molecule has 0 aromatic heterocycles. The Labute approximate surface area is 155 Å². The first-order valence-electron chi connectivity index (χ1n) is 8.93. The van der Waals surface area contributed by atoms with Crippen molar-refractivity contribution in [1.29, 1.82) is 0 Å². The highest BCUT2D eigenvalue weighted by atomic mass is 16.7. The molecule has 0 aliphatic carbocycles. The molecule has 0 spiro atoms. The molecule has 0 unspecified atom stereocenters. The zero-order valence-corrected chi connectivity index (χ0v) is 16.8. The Hall–Kier alpha value is -2.24. The summed E-state index contributed by atoms with van der Waals surface area (Å²) in [4.78, 5) is 23.9. The molecular formula is C20H30O6. The van der Waals surface area contributed by atoms with Crippen LogP contribution in [-0.2, 0) is 9.47 Å². The molecule has 0 bridgehead atoms. The van der Waals surface area contributed by atoms with E-state index in [0.717, 1.165) is 5.56 Å². The number of benzene rings is 1. The second-order valence-electron chi connectivity index (χ2n) is 7.43. The van der Waals surface area contributed by atoms with Crippen molar-refractivity contribution in [3.63, 3.8) is 0 Å². The first-order chi connectivity index (χ1) is 12.1. The number of carbonyl (C=O) groups excluding carboxylic acids is 2. The minimum absolute atomic E-state index is 0.143. The van der Waals surface area contributed by atoms with Gasteiger partial charge >= 0.3 is 12.3 Å². The van der Waals surface area contributed by atoms with Gasteiger partial charge in [0.2, 0.25) is 0 Å². The number of hydrogen-bond donors (Lipinski definition) is 0. The lowest BCUT2D eigenvalue weighted by molar-refractivity contribution is 0.0793. The van der Waals surface area contributed by atoms with Gasteiger partial charge in [-0.05, 0) is 41.9 Å². The first kappa shape index (κ1) is 21.8. The van der Waals surface area contributed by atoms with Gasteiger partial charge in [0.1, 0.15) is 0 Å². The smallest absolute Gasteiger partial charge is 0.434 e. The van der Waals surface area contributed by atoms with Crippen molar-refractivity contribution in [3.05, 3.63) is 23.3 Å². The van der Waals surface area contributed by atoms with Crippen molar-refractivity contribution in [2.24, 2.45) is 11.8 Å². The Morgan fingerprint density at radius 2 is 1.35 bits per heavy atom. The van der Waals surface area contributed by atoms with Gasteiger partial charge in [0, 0.05) is 0 Å². The van der Waals surface area contributed by atoms with Gasteiger partial charge in [-0.1, -0.05) is 47.6 Å². The van der Waals surface area contributed by atoms with Gasteiger partial charge in [-0.25, -0.2) is 9.59 Å². The Kier molecular flexibility index (Phi) is 8.42. The molecule has 1 aromatic carbocycles. The van der Waals surface area contributed by atoms with Gasteiger partial charge in [-0.3, -0.25) is 0 Å². The predicted molar refractivity (Wildman–Crippen MR) is 98.9 cm³/mol. The van der Waals surface area contributed by atoms with E-state index in [9.17, 15) is 9.59 Å². The number of ether oxygens (including phenoxy) is 4. The van der Waals surface area contributed by atoms with E-state index in [4.69, 9.17) is 18.9 Å². The van der Waals surface area contributed by atoms with Crippen LogP contribution in [0, 0.1) is 18.8 Å². The molecular weight excluding hydrogens is 336 g/mol. The Bertz CT molecular complexity index is 619. The van der Waals surface area contributed by atoms with E-state index >= 15 is 0 Å². The molecule has 0 amide bonds. The predicted octanol–water partition coefficient (Wildman–Crippen LogP) is 5.46. The summed E-state index contributed by atoms with van der Waals surface area (Å²) in [6.45, 7) is 14.0. The van der Waals surface area contributed by atoms with Gasteiger partial charge < -0.3 is 18.9 Å². The molecule has 0 saturated carbocycles. The molecule has 26 heavy (non-hydrogen) atoms. The maximum atomic E-state index is 11.9. The van der Waals surface area contributed by atoms with Crippen LogP contribution in [-0.4, -0.2) is 25.5 Å². The van der Waals surface area contributed by atoms with Gasteiger partial charge in [0.05, 0.1) is 13.2 Å². The van der Waals surface area contributed by atoms with E-state index in [0.29, 0.717) is 5.56 Å². The van der Waals surface area contributed by atoms with E-state index in [1.165, 1.54) is 0 Å². The maximum absolute atomic E-state index is 11.9. The fraction of sp³-hybridized carbons (Fsp3) is 0.600. The fourth-order valence-corrected chi connectivity index (χ4v) is 2.01. The molecule has 6 heteroatoms. The molecule has 0 fully saturated rings. The zero-order valence-electron chi connectivity index (χ0n) is 16.8. The molecule has 1 rings (SSSR count). The lowest BCUT2D eigenvalue weighted by Crippen LogP contribution is -2.18. The van der Waals surface area contributed by atoms with E-state index in [1.54, 1.807) is 13.0 Å². The highest BCUT2D eigenvalue weighted by molar-refractivity contribution is 5.70. The molecule has 0 atom stereocenters. The summed E-state index contributed by atoms with van der Waals surface area (Å²) < 4.78 is 20.7. The van der Waals surface area contributed by atoms with Gasteiger partial charge in [-0.2, -0.15) is 0 Å². The molecule has 1 aromatic rings. The van der Waals surface area contributed by atoms with Crippen LogP contribution in [0.25, 0.3) is 0 Å². The van der Waals surface area contributed by atoms with Crippen molar-refractivity contribution in [3.8, 4) is 11.5 Å². The van der Waals surface area contributed by atoms with E-state index < -0.39 is 12.3 Å². The van der Waals surface area contributed by atoms with Crippen molar-refractivity contribution >= 4 is 12.3 Å². The zero-order chi connectivity index (χ0) is 19.9. The summed E-state index contributed by atoms with van der Waals surface area (Å²) in [5.74, 6) is 0.889. The van der Waals surface area contributed by atoms with Crippen LogP contribution in [0.3, 0.4) is 0 Å². The average molecular weight is 366 g/mol. The van der Waals surface area contributed by atoms with Crippen molar-refractivity contribution in [2.75, 3.05) is 13.2 Å². The highest BCUT2D eigenvalue weighted by Gasteiger charge is 2.20. The van der Waals surface area contributed by atoms with E-state index in [2.05, 4.69) is 0 Å². The fourth-order valence-electron chi connectivity index (χ4n) is 2.01. The normalized spacial score (nSPS) is 11.0. The van der Waals surface area contributed by atoms with Crippen molar-refractivity contribution in [2.45, 2.75) is 54.4 Å². The molecule has 0 N–H and O–H groups in total. The van der Waals surface area contributed by atoms with Crippen LogP contribution >= 0.6 is 0 Å². The van der Waals surface area contributed by atoms with Gasteiger partial charge in [0.15, 0.2) is 11.5 Å². The number of rotatable bonds is 7. The standard InChI is InChI=1S/C20H30O6/c1-12(2)10-23-19(21)25-17-9-16(14(5)6)8-15(7)18(17)26-20(22)24-11-13(3)4/h8-9,12-14H,10-11H2,1-7H3. The Morgan fingerprint density at radius 3 is 1.81 bits per heavy atom. The topological polar surface area (TPSA) is 71.1 Å². The molecule has 0 aliphatic heterocycles. The second kappa shape index (κ2) is 10.0. The third-order valence-electron chi connectivity index (χ3n) is 3.38. The average Bonchev–Trinajstić information content (AvgIpc) is 2.53. The van der Waals surface area contributed by atoms with Crippen LogP contribution in [0.15, 0.2) is 12.1 Å². The van der Waals surface area contributed by atoms with Crippen LogP contribution in [0.2, 0.25) is 0 Å². The van der Waals surface area contributed by atoms with Crippen LogP contribution < -0.4 is 9.47 Å². The molecule has 6 nitrogen and oxygen atoms in total. The molecule has 0 saturated heterocycles. The summed E-state index contributed by atoms with van der Waals surface area (Å²) in [7, 11) is 0. The molecule has 0 aliphatic rings. The summed E-state index contributed by atoms with van der Waals surface area (Å²) >= 11 is 0. The van der Waals surface area contributed by atoms with E-state index in [1.807, 2.05) is 47.6 Å². The first-order valence-corrected chi connectivity index (χ1v) is 8.93. The number of carbonyl (C=O) groups is 2. The van der Waals surface area contributed by atoms with E-state index in [-0.39, 0.29) is 42.5 Å². The highest BCUT2D eigenvalue weighted by Crippen LogP contribution is 2.35. The largest absolute Gasteiger partial charge is 0.513 e. The third kappa shape index (κ3) is 7.33. The quantitative estimate of drug-likeness (QED) is 0.471. The molecule has 0 radical (unpaired) electrons. The lowest BCUT2D eigenvalue weighted by atomic mass is 10.00. The maximum Gasteiger partial charge on any atom is 0.513 e. The van der Waals surface area contributed by atoms with Crippen molar-refractivity contribution in [1.82, 2.24) is 0 Å². The van der Waals surface area contributed by atoms with Crippen molar-refractivity contribution < 1.29 is 28.5 Å². The third-order valence-corrected chi connectivity index (χ3v) is 3.38. The summed E-state index contributed by atoms with van der Waals surface area (Å²) in [5, 5.41) is 0. The van der Waals surface area contributed by atoms with Crippen LogP contribution in [0.4, 0.5) is 9.59 Å². The van der Waals surface area contributed by atoms with Crippen LogP contribution in [0.5, 0.6) is 11.5 Å². The minimum atomic E-state index is -0.834. The monoisotopic (exact) mass is 366 g/mol. The second-order valence-corrected chi connectivity index (χ2v) is 7.43. The lowest BCUT2D eigenvalue weighted by Gasteiger charge is -2.16. The van der Waals surface area contributed by atoms with Gasteiger partial charge in [-0.15, -0.1) is 0 Å². The Morgan fingerprint density at radius 1 is 0.846 bits per heavy atom. The number of aryl methyl sites for hydroxylation is 1. The van der Waals surface area contributed by atoms with Gasteiger partial charge in [0.25, 0.3) is 0 Å². The molecule has 146 valence electrons. The van der Waals surface area contributed by atoms with Crippen LogP contribution in [0.1, 0.15) is 58.6 Å². The summed E-state index contributed by atoms with van der Waals surface area (Å²) in [6.07, 6.45) is -1.67. The molecule has 0 heterocycles. The number of hydrogen-bond acceptors (Lipinski definition) is 6. The summed E-state index contributed by atoms with van der Waals surface area (Å²) in [6, 6.07) is 3.57. The SMILES string of the molecule is Cc1cc(C(C)C)cc(OC(=O)OCC(C)C)c1OC(=O)OCC(C)C. The summed E-state index contributed by atoms with van der Waals surface area (Å²) in [5.41, 5.74) is 1.63. The minimum Gasteiger partial charge on any atom is -0.434 e.